The minimum absolute atomic E-state index is 0.0423. The molecule has 2 heterocycles. The molecule has 0 amide bonds. The molecule has 0 aromatic heterocycles. The van der Waals surface area contributed by atoms with Crippen LogP contribution in [0.4, 0.5) is 11.4 Å². The number of Topliss-reactive ketones (excluding diaryl/α,β-unsaturated/α-hetero) is 1. The van der Waals surface area contributed by atoms with Crippen molar-refractivity contribution in [1.82, 2.24) is 4.90 Å². The molecule has 0 radical (unpaired) electrons. The predicted molar refractivity (Wildman–Crippen MR) is 82.3 cm³/mol. The molecule has 0 bridgehead atoms. The van der Waals surface area contributed by atoms with Crippen molar-refractivity contribution in [3.8, 4) is 0 Å². The fourth-order valence-electron chi connectivity index (χ4n) is 3.44. The van der Waals surface area contributed by atoms with E-state index < -0.39 is 0 Å². The second-order valence-electron chi connectivity index (χ2n) is 5.96. The van der Waals surface area contributed by atoms with Crippen molar-refractivity contribution in [3.63, 3.8) is 0 Å². The van der Waals surface area contributed by atoms with Crippen LogP contribution in [0.5, 0.6) is 0 Å². The van der Waals surface area contributed by atoms with Crippen molar-refractivity contribution >= 4 is 17.2 Å². The lowest BCUT2D eigenvalue weighted by molar-refractivity contribution is 0.101. The van der Waals surface area contributed by atoms with E-state index in [0.717, 1.165) is 25.3 Å². The minimum atomic E-state index is 0.0423. The van der Waals surface area contributed by atoms with Crippen LogP contribution >= 0.6 is 0 Å². The Balaban J connectivity index is 1.79. The zero-order chi connectivity index (χ0) is 14.1. The number of carbonyl (C=O) groups is 1. The number of nitrogens with two attached hydrogens (primary N) is 1. The molecule has 2 fully saturated rings. The summed E-state index contributed by atoms with van der Waals surface area (Å²) in [5.41, 5.74) is 8.24. The molecule has 2 saturated heterocycles. The van der Waals surface area contributed by atoms with Crippen molar-refractivity contribution in [2.45, 2.75) is 32.2 Å². The molecule has 2 aliphatic rings. The number of piperidine rings is 1. The summed E-state index contributed by atoms with van der Waals surface area (Å²) < 4.78 is 0. The minimum Gasteiger partial charge on any atom is -0.398 e. The highest BCUT2D eigenvalue weighted by Gasteiger charge is 2.29. The summed E-state index contributed by atoms with van der Waals surface area (Å²) in [7, 11) is 0. The number of rotatable bonds is 2. The standard InChI is InChI=1S/C16H23N3O/c1-12(20)15-10-13(5-6-16(15)17)19-9-8-18-7-3-2-4-14(18)11-19/h5-6,10,14H,2-4,7-9,11,17H2,1H3. The third-order valence-corrected chi connectivity index (χ3v) is 4.62. The SMILES string of the molecule is CC(=O)c1cc(N2CCN3CCCCC3C2)ccc1N. The largest absolute Gasteiger partial charge is 0.398 e. The molecule has 108 valence electrons. The van der Waals surface area contributed by atoms with Gasteiger partial charge in [-0.3, -0.25) is 9.69 Å². The number of nitrogens with zero attached hydrogens (tertiary/aromatic N) is 2. The van der Waals surface area contributed by atoms with E-state index in [1.807, 2.05) is 18.2 Å². The number of fused-ring (bicyclic) bond motifs is 1. The van der Waals surface area contributed by atoms with Gasteiger partial charge >= 0.3 is 0 Å². The molecule has 0 aliphatic carbocycles. The molecule has 2 aliphatic heterocycles. The quantitative estimate of drug-likeness (QED) is 0.662. The lowest BCUT2D eigenvalue weighted by atomic mass is 9.99. The van der Waals surface area contributed by atoms with E-state index in [9.17, 15) is 4.79 Å². The lowest BCUT2D eigenvalue weighted by Crippen LogP contribution is -2.54. The Morgan fingerprint density at radius 2 is 2.10 bits per heavy atom. The Morgan fingerprint density at radius 3 is 2.90 bits per heavy atom. The number of carbonyl (C=O) groups excluding carboxylic acids is 1. The maximum atomic E-state index is 11.6. The van der Waals surface area contributed by atoms with Crippen LogP contribution in [-0.2, 0) is 0 Å². The molecule has 2 N–H and O–H groups in total. The first-order valence-electron chi connectivity index (χ1n) is 7.54. The number of ketones is 1. The van der Waals surface area contributed by atoms with E-state index in [0.29, 0.717) is 17.3 Å². The van der Waals surface area contributed by atoms with Crippen molar-refractivity contribution in [2.24, 2.45) is 0 Å². The first-order chi connectivity index (χ1) is 9.65. The average Bonchev–Trinajstić information content (AvgIpc) is 2.47. The molecular formula is C16H23N3O. The smallest absolute Gasteiger partial charge is 0.161 e. The van der Waals surface area contributed by atoms with Crippen LogP contribution in [0.3, 0.4) is 0 Å². The molecule has 20 heavy (non-hydrogen) atoms. The molecule has 4 heteroatoms. The van der Waals surface area contributed by atoms with Crippen LogP contribution in [0.2, 0.25) is 0 Å². The Kier molecular flexibility index (Phi) is 3.66. The van der Waals surface area contributed by atoms with E-state index in [2.05, 4.69) is 9.80 Å². The summed E-state index contributed by atoms with van der Waals surface area (Å²) in [4.78, 5) is 16.6. The highest BCUT2D eigenvalue weighted by molar-refractivity contribution is 6.00. The van der Waals surface area contributed by atoms with Crippen molar-refractivity contribution in [1.29, 1.82) is 0 Å². The monoisotopic (exact) mass is 273 g/mol. The summed E-state index contributed by atoms with van der Waals surface area (Å²) in [5, 5.41) is 0. The summed E-state index contributed by atoms with van der Waals surface area (Å²) >= 11 is 0. The van der Waals surface area contributed by atoms with Gasteiger partial charge in [-0.15, -0.1) is 0 Å². The Bertz CT molecular complexity index is 514. The van der Waals surface area contributed by atoms with Crippen LogP contribution < -0.4 is 10.6 Å². The Morgan fingerprint density at radius 1 is 1.25 bits per heavy atom. The van der Waals surface area contributed by atoms with Gasteiger partial charge in [0, 0.05) is 42.6 Å². The summed E-state index contributed by atoms with van der Waals surface area (Å²) in [6, 6.07) is 6.53. The van der Waals surface area contributed by atoms with E-state index in [1.54, 1.807) is 6.92 Å². The number of piperazine rings is 1. The van der Waals surface area contributed by atoms with Gasteiger partial charge in [-0.2, -0.15) is 0 Å². The van der Waals surface area contributed by atoms with Gasteiger partial charge in [-0.25, -0.2) is 0 Å². The maximum absolute atomic E-state index is 11.6. The van der Waals surface area contributed by atoms with E-state index in [4.69, 9.17) is 5.73 Å². The van der Waals surface area contributed by atoms with Gasteiger partial charge in [0.1, 0.15) is 0 Å². The first-order valence-corrected chi connectivity index (χ1v) is 7.54. The molecule has 1 aromatic carbocycles. The topological polar surface area (TPSA) is 49.6 Å². The fraction of sp³-hybridized carbons (Fsp3) is 0.562. The van der Waals surface area contributed by atoms with Crippen LogP contribution in [0.15, 0.2) is 18.2 Å². The molecule has 1 aromatic rings. The number of anilines is 2. The van der Waals surface area contributed by atoms with E-state index in [-0.39, 0.29) is 5.78 Å². The molecular weight excluding hydrogens is 250 g/mol. The van der Waals surface area contributed by atoms with Gasteiger partial charge in [0.2, 0.25) is 0 Å². The second kappa shape index (κ2) is 5.44. The third-order valence-electron chi connectivity index (χ3n) is 4.62. The number of benzene rings is 1. The van der Waals surface area contributed by atoms with Gasteiger partial charge in [0.05, 0.1) is 0 Å². The Labute approximate surface area is 120 Å². The van der Waals surface area contributed by atoms with Crippen molar-refractivity contribution < 1.29 is 4.79 Å². The van der Waals surface area contributed by atoms with Crippen LogP contribution in [0.25, 0.3) is 0 Å². The van der Waals surface area contributed by atoms with Crippen LogP contribution in [0, 0.1) is 0 Å². The predicted octanol–water partition coefficient (Wildman–Crippen LogP) is 2.15. The van der Waals surface area contributed by atoms with Gasteiger partial charge in [0.25, 0.3) is 0 Å². The number of hydrogen-bond donors (Lipinski definition) is 1. The van der Waals surface area contributed by atoms with Crippen molar-refractivity contribution in [3.05, 3.63) is 23.8 Å². The van der Waals surface area contributed by atoms with Crippen molar-refractivity contribution in [2.75, 3.05) is 36.8 Å². The number of nitrogen functional groups attached to an aromatic ring is 1. The highest BCUT2D eigenvalue weighted by Crippen LogP contribution is 2.27. The summed E-state index contributed by atoms with van der Waals surface area (Å²) in [6.45, 7) is 6.07. The second-order valence-corrected chi connectivity index (χ2v) is 5.96. The lowest BCUT2D eigenvalue weighted by Gasteiger charge is -2.45. The first kappa shape index (κ1) is 13.4. The van der Waals surface area contributed by atoms with Gasteiger partial charge < -0.3 is 10.6 Å². The molecule has 0 spiro atoms. The molecule has 0 saturated carbocycles. The molecule has 3 rings (SSSR count). The average molecular weight is 273 g/mol. The summed E-state index contributed by atoms with van der Waals surface area (Å²) in [5.74, 6) is 0.0423. The third kappa shape index (κ3) is 2.52. The summed E-state index contributed by atoms with van der Waals surface area (Å²) in [6.07, 6.45) is 3.98. The van der Waals surface area contributed by atoms with Gasteiger partial charge in [0.15, 0.2) is 5.78 Å². The van der Waals surface area contributed by atoms with Crippen LogP contribution in [-0.4, -0.2) is 42.9 Å². The normalized spacial score (nSPS) is 23.4. The highest BCUT2D eigenvalue weighted by atomic mass is 16.1. The maximum Gasteiger partial charge on any atom is 0.161 e. The van der Waals surface area contributed by atoms with Gasteiger partial charge in [-0.1, -0.05) is 6.42 Å². The molecule has 1 atom stereocenters. The number of hydrogen-bond acceptors (Lipinski definition) is 4. The molecule has 1 unspecified atom stereocenters. The fourth-order valence-corrected chi connectivity index (χ4v) is 3.44. The Hall–Kier alpha value is -1.55. The van der Waals surface area contributed by atoms with E-state index >= 15 is 0 Å². The van der Waals surface area contributed by atoms with E-state index in [1.165, 1.54) is 25.8 Å². The van der Waals surface area contributed by atoms with Gasteiger partial charge in [-0.05, 0) is 44.5 Å². The molecule has 4 nitrogen and oxygen atoms in total. The van der Waals surface area contributed by atoms with Crippen LogP contribution in [0.1, 0.15) is 36.5 Å². The zero-order valence-corrected chi connectivity index (χ0v) is 12.1. The zero-order valence-electron chi connectivity index (χ0n) is 12.1.